The molecule has 0 radical (unpaired) electrons. The zero-order chi connectivity index (χ0) is 14.3. The summed E-state index contributed by atoms with van der Waals surface area (Å²) in [6, 6.07) is 2.68. The largest absolute Gasteiger partial charge is 0.366 e. The fraction of sp³-hybridized carbons (Fsp3) is 0.364. The van der Waals surface area contributed by atoms with Gasteiger partial charge in [-0.25, -0.2) is 0 Å². The lowest BCUT2D eigenvalue weighted by molar-refractivity contribution is -0.385. The quantitative estimate of drug-likeness (QED) is 0.484. The highest BCUT2D eigenvalue weighted by molar-refractivity contribution is 14.1. The van der Waals surface area contributed by atoms with Crippen molar-refractivity contribution in [3.63, 3.8) is 0 Å². The van der Waals surface area contributed by atoms with Crippen LogP contribution in [0.2, 0.25) is 0 Å². The van der Waals surface area contributed by atoms with Crippen molar-refractivity contribution in [2.45, 2.75) is 13.3 Å². The molecule has 0 aliphatic rings. The van der Waals surface area contributed by atoms with Crippen molar-refractivity contribution in [3.05, 3.63) is 36.9 Å². The summed E-state index contributed by atoms with van der Waals surface area (Å²) in [5.41, 5.74) is 6.02. The van der Waals surface area contributed by atoms with E-state index >= 15 is 0 Å². The average Bonchev–Trinajstić information content (AvgIpc) is 2.29. The third kappa shape index (κ3) is 4.57. The maximum absolute atomic E-state index is 11.1. The first kappa shape index (κ1) is 16.8. The second-order valence-electron chi connectivity index (χ2n) is 3.44. The minimum Gasteiger partial charge on any atom is -0.366 e. The highest BCUT2D eigenvalue weighted by Gasteiger charge is 2.16. The molecule has 1 amide bonds. The molecular weight excluding hydrogens is 349 g/mol. The molecule has 3 N–H and O–H groups in total. The molecule has 1 rings (SSSR count). The molecule has 0 fully saturated rings. The maximum atomic E-state index is 11.1. The number of nitro groups is 1. The van der Waals surface area contributed by atoms with Crippen molar-refractivity contribution in [1.82, 2.24) is 5.32 Å². The van der Waals surface area contributed by atoms with Crippen LogP contribution in [-0.2, 0) is 6.42 Å². The number of nitrogens with two attached hydrogens (primary N) is 1. The van der Waals surface area contributed by atoms with Crippen LogP contribution < -0.4 is 11.1 Å². The lowest BCUT2D eigenvalue weighted by atomic mass is 10.1. The summed E-state index contributed by atoms with van der Waals surface area (Å²) < 4.78 is 0.688. The van der Waals surface area contributed by atoms with E-state index in [4.69, 9.17) is 5.73 Å². The van der Waals surface area contributed by atoms with Gasteiger partial charge in [0.25, 0.3) is 5.69 Å². The standard InChI is InChI=1S/C9H9IN2O3.C2H7N/c1-2-5-3-6(12(14)15)4-7(8(5)10)9(11)13;1-3-2/h3-4H,2H2,1H3,(H2,11,13);3H,1-2H3. The van der Waals surface area contributed by atoms with Gasteiger partial charge in [0.1, 0.15) is 0 Å². The first-order valence-corrected chi connectivity index (χ1v) is 6.31. The van der Waals surface area contributed by atoms with E-state index in [-0.39, 0.29) is 11.3 Å². The number of hydrogen-bond acceptors (Lipinski definition) is 4. The average molecular weight is 365 g/mol. The molecule has 1 aromatic carbocycles. The monoisotopic (exact) mass is 365 g/mol. The van der Waals surface area contributed by atoms with Gasteiger partial charge in [-0.2, -0.15) is 0 Å². The molecule has 0 aliphatic heterocycles. The molecule has 0 aromatic heterocycles. The number of nitro benzene ring substituents is 1. The zero-order valence-electron chi connectivity index (χ0n) is 10.5. The second-order valence-corrected chi connectivity index (χ2v) is 4.52. The molecule has 6 nitrogen and oxygen atoms in total. The number of hydrogen-bond donors (Lipinski definition) is 2. The Morgan fingerprint density at radius 3 is 2.33 bits per heavy atom. The van der Waals surface area contributed by atoms with E-state index in [2.05, 4.69) is 5.32 Å². The number of carbonyl (C=O) groups excluding carboxylic acids is 1. The number of carbonyl (C=O) groups is 1. The van der Waals surface area contributed by atoms with Gasteiger partial charge in [-0.05, 0) is 48.7 Å². The molecule has 100 valence electrons. The highest BCUT2D eigenvalue weighted by atomic mass is 127. The lowest BCUT2D eigenvalue weighted by Crippen LogP contribution is -2.14. The number of aryl methyl sites for hydroxylation is 1. The molecule has 18 heavy (non-hydrogen) atoms. The highest BCUT2D eigenvalue weighted by Crippen LogP contribution is 2.24. The molecule has 0 atom stereocenters. The molecule has 0 spiro atoms. The number of nitrogens with one attached hydrogen (secondary N) is 1. The summed E-state index contributed by atoms with van der Waals surface area (Å²) >= 11 is 1.97. The van der Waals surface area contributed by atoms with Gasteiger partial charge in [0.2, 0.25) is 5.91 Å². The minimum atomic E-state index is -0.641. The van der Waals surface area contributed by atoms with Crippen LogP contribution in [0.5, 0.6) is 0 Å². The Morgan fingerprint density at radius 2 is 2.00 bits per heavy atom. The van der Waals surface area contributed by atoms with Gasteiger partial charge in [0.15, 0.2) is 0 Å². The summed E-state index contributed by atoms with van der Waals surface area (Å²) in [4.78, 5) is 21.1. The van der Waals surface area contributed by atoms with E-state index in [1.165, 1.54) is 12.1 Å². The summed E-state index contributed by atoms with van der Waals surface area (Å²) in [6.07, 6.45) is 0.625. The number of non-ortho nitro benzene ring substituents is 1. The maximum Gasteiger partial charge on any atom is 0.270 e. The van der Waals surface area contributed by atoms with Crippen LogP contribution in [0, 0.1) is 13.7 Å². The van der Waals surface area contributed by atoms with Crippen LogP contribution in [0.1, 0.15) is 22.8 Å². The molecular formula is C11H16IN3O3. The van der Waals surface area contributed by atoms with E-state index in [0.717, 1.165) is 5.56 Å². The summed E-state index contributed by atoms with van der Waals surface area (Å²) in [7, 11) is 3.75. The summed E-state index contributed by atoms with van der Waals surface area (Å²) in [5.74, 6) is -0.641. The summed E-state index contributed by atoms with van der Waals surface area (Å²) in [5, 5.41) is 13.4. The predicted octanol–water partition coefficient (Wildman–Crippen LogP) is 1.70. The molecule has 0 aliphatic carbocycles. The Morgan fingerprint density at radius 1 is 1.50 bits per heavy atom. The number of primary amides is 1. The van der Waals surface area contributed by atoms with E-state index in [9.17, 15) is 14.9 Å². The third-order valence-corrected chi connectivity index (χ3v) is 3.26. The molecule has 7 heteroatoms. The Balaban J connectivity index is 0.000000873. The van der Waals surface area contributed by atoms with E-state index in [1.807, 2.05) is 43.6 Å². The molecule has 0 saturated carbocycles. The van der Waals surface area contributed by atoms with Gasteiger partial charge in [-0.15, -0.1) is 0 Å². The van der Waals surface area contributed by atoms with Gasteiger partial charge >= 0.3 is 0 Å². The summed E-state index contributed by atoms with van der Waals surface area (Å²) in [6.45, 7) is 1.87. The van der Waals surface area contributed by atoms with Crippen molar-refractivity contribution < 1.29 is 9.72 Å². The van der Waals surface area contributed by atoms with Gasteiger partial charge < -0.3 is 11.1 Å². The Hall–Kier alpha value is -1.22. The Bertz CT molecular complexity index is 449. The van der Waals surface area contributed by atoms with Crippen LogP contribution in [-0.4, -0.2) is 24.9 Å². The molecule has 1 aromatic rings. The molecule has 0 saturated heterocycles. The van der Waals surface area contributed by atoms with E-state index in [0.29, 0.717) is 9.99 Å². The first-order valence-electron chi connectivity index (χ1n) is 5.24. The topological polar surface area (TPSA) is 98.3 Å². The van der Waals surface area contributed by atoms with Crippen LogP contribution in [0.25, 0.3) is 0 Å². The smallest absolute Gasteiger partial charge is 0.270 e. The Kier molecular flexibility index (Phi) is 7.44. The van der Waals surface area contributed by atoms with Crippen molar-refractivity contribution in [2.75, 3.05) is 14.1 Å². The molecule has 0 heterocycles. The van der Waals surface area contributed by atoms with Gasteiger partial charge in [-0.3, -0.25) is 14.9 Å². The van der Waals surface area contributed by atoms with Crippen molar-refractivity contribution in [2.24, 2.45) is 5.73 Å². The number of halogens is 1. The lowest BCUT2D eigenvalue weighted by Gasteiger charge is -2.05. The number of amides is 1. The second kappa shape index (κ2) is 7.98. The molecule has 0 unspecified atom stereocenters. The molecule has 0 bridgehead atoms. The van der Waals surface area contributed by atoms with Crippen molar-refractivity contribution >= 4 is 34.2 Å². The zero-order valence-corrected chi connectivity index (χ0v) is 12.6. The number of rotatable bonds is 3. The predicted molar refractivity (Wildman–Crippen MR) is 78.7 cm³/mol. The normalized spacial score (nSPS) is 9.33. The third-order valence-electron chi connectivity index (χ3n) is 1.99. The number of benzene rings is 1. The fourth-order valence-corrected chi connectivity index (χ4v) is 2.17. The van der Waals surface area contributed by atoms with Crippen LogP contribution in [0.3, 0.4) is 0 Å². The van der Waals surface area contributed by atoms with Gasteiger partial charge in [0.05, 0.1) is 10.5 Å². The SMILES string of the molecule is CCc1cc([N+](=O)[O-])cc(C(N)=O)c1I.CNC. The van der Waals surface area contributed by atoms with Crippen molar-refractivity contribution in [3.8, 4) is 0 Å². The Labute approximate surface area is 119 Å². The van der Waals surface area contributed by atoms with E-state index in [1.54, 1.807) is 0 Å². The first-order chi connectivity index (χ1) is 8.38. The van der Waals surface area contributed by atoms with Crippen molar-refractivity contribution in [1.29, 1.82) is 0 Å². The van der Waals surface area contributed by atoms with Crippen LogP contribution >= 0.6 is 22.6 Å². The van der Waals surface area contributed by atoms with Gasteiger partial charge in [0, 0.05) is 15.7 Å². The van der Waals surface area contributed by atoms with Gasteiger partial charge in [-0.1, -0.05) is 6.92 Å². The van der Waals surface area contributed by atoms with Crippen LogP contribution in [0.15, 0.2) is 12.1 Å². The minimum absolute atomic E-state index is 0.0962. The van der Waals surface area contributed by atoms with E-state index < -0.39 is 10.8 Å². The number of nitrogens with zero attached hydrogens (tertiary/aromatic N) is 1. The fourth-order valence-electron chi connectivity index (χ4n) is 1.21. The van der Waals surface area contributed by atoms with Crippen LogP contribution in [0.4, 0.5) is 5.69 Å².